The van der Waals surface area contributed by atoms with Crippen molar-refractivity contribution in [2.75, 3.05) is 12.0 Å². The van der Waals surface area contributed by atoms with E-state index in [0.29, 0.717) is 5.11 Å². The number of benzene rings is 1. The fourth-order valence-electron chi connectivity index (χ4n) is 4.75. The Labute approximate surface area is 205 Å². The van der Waals surface area contributed by atoms with E-state index in [1.54, 1.807) is 7.11 Å². The van der Waals surface area contributed by atoms with E-state index in [0.717, 1.165) is 23.7 Å². The van der Waals surface area contributed by atoms with Crippen molar-refractivity contribution < 1.29 is 4.74 Å². The number of anilines is 1. The van der Waals surface area contributed by atoms with Gasteiger partial charge in [0.1, 0.15) is 5.75 Å². The molecule has 34 heavy (non-hydrogen) atoms. The Morgan fingerprint density at radius 2 is 1.82 bits per heavy atom. The molecule has 1 aromatic carbocycles. The summed E-state index contributed by atoms with van der Waals surface area (Å²) >= 11 is 5.88. The lowest BCUT2D eigenvalue weighted by molar-refractivity contribution is 0.415. The van der Waals surface area contributed by atoms with Gasteiger partial charge in [-0.1, -0.05) is 12.1 Å². The van der Waals surface area contributed by atoms with Crippen LogP contribution >= 0.6 is 12.2 Å². The SMILES string of the molecule is COc1cccc(N2C(=S)N[C@H](c3ccccn3)[C@@H]2c2cc(C)n(Cc3ccncc3)c2C)c1. The summed E-state index contributed by atoms with van der Waals surface area (Å²) in [6, 6.07) is 20.3. The lowest BCUT2D eigenvalue weighted by Crippen LogP contribution is -2.29. The maximum absolute atomic E-state index is 5.88. The number of methoxy groups -OCH3 is 1. The summed E-state index contributed by atoms with van der Waals surface area (Å²) in [4.78, 5) is 11.0. The molecule has 0 unspecified atom stereocenters. The molecule has 0 saturated carbocycles. The van der Waals surface area contributed by atoms with E-state index in [1.807, 2.05) is 48.9 Å². The molecule has 7 heteroatoms. The molecule has 0 bridgehead atoms. The zero-order valence-electron chi connectivity index (χ0n) is 19.5. The molecule has 1 fully saturated rings. The van der Waals surface area contributed by atoms with Crippen molar-refractivity contribution >= 4 is 23.0 Å². The van der Waals surface area contributed by atoms with E-state index in [9.17, 15) is 0 Å². The van der Waals surface area contributed by atoms with Gasteiger partial charge in [0.25, 0.3) is 0 Å². The van der Waals surface area contributed by atoms with Gasteiger partial charge in [0, 0.05) is 48.3 Å². The minimum absolute atomic E-state index is 0.0631. The van der Waals surface area contributed by atoms with Crippen LogP contribution in [0, 0.1) is 13.8 Å². The molecule has 1 saturated heterocycles. The van der Waals surface area contributed by atoms with E-state index < -0.39 is 0 Å². The van der Waals surface area contributed by atoms with Crippen molar-refractivity contribution in [1.82, 2.24) is 19.9 Å². The van der Waals surface area contributed by atoms with Crippen molar-refractivity contribution in [2.45, 2.75) is 32.5 Å². The number of hydrogen-bond donors (Lipinski definition) is 1. The molecular formula is C27H27N5OS. The monoisotopic (exact) mass is 469 g/mol. The maximum Gasteiger partial charge on any atom is 0.174 e. The quantitative estimate of drug-likeness (QED) is 0.395. The van der Waals surface area contributed by atoms with Crippen LogP contribution in [0.25, 0.3) is 0 Å². The summed E-state index contributed by atoms with van der Waals surface area (Å²) in [5.74, 6) is 0.795. The highest BCUT2D eigenvalue weighted by Crippen LogP contribution is 2.43. The summed E-state index contributed by atoms with van der Waals surface area (Å²) < 4.78 is 7.86. The van der Waals surface area contributed by atoms with Gasteiger partial charge in [0.2, 0.25) is 0 Å². The highest BCUT2D eigenvalue weighted by atomic mass is 32.1. The van der Waals surface area contributed by atoms with Gasteiger partial charge in [0.15, 0.2) is 5.11 Å². The number of ether oxygens (including phenoxy) is 1. The Balaban J connectivity index is 1.62. The van der Waals surface area contributed by atoms with Crippen molar-refractivity contribution in [3.63, 3.8) is 0 Å². The molecule has 0 spiro atoms. The molecule has 1 N–H and O–H groups in total. The molecule has 1 aliphatic heterocycles. The number of aromatic nitrogens is 3. The molecule has 172 valence electrons. The first-order valence-electron chi connectivity index (χ1n) is 11.3. The lowest BCUT2D eigenvalue weighted by Gasteiger charge is -2.28. The van der Waals surface area contributed by atoms with Gasteiger partial charge >= 0.3 is 0 Å². The van der Waals surface area contributed by atoms with Crippen LogP contribution in [0.4, 0.5) is 5.69 Å². The van der Waals surface area contributed by atoms with Crippen LogP contribution in [-0.4, -0.2) is 26.8 Å². The maximum atomic E-state index is 5.88. The van der Waals surface area contributed by atoms with Gasteiger partial charge in [-0.05, 0) is 79.7 Å². The van der Waals surface area contributed by atoms with Gasteiger partial charge in [0.05, 0.1) is 24.9 Å². The summed E-state index contributed by atoms with van der Waals surface area (Å²) in [5.41, 5.74) is 6.79. The zero-order valence-corrected chi connectivity index (χ0v) is 20.3. The van der Waals surface area contributed by atoms with Crippen molar-refractivity contribution in [3.8, 4) is 5.75 Å². The molecule has 5 rings (SSSR count). The zero-order chi connectivity index (χ0) is 23.7. The topological polar surface area (TPSA) is 55.2 Å². The molecule has 0 radical (unpaired) electrons. The first kappa shape index (κ1) is 22.1. The second-order valence-corrected chi connectivity index (χ2v) is 8.85. The normalized spacial score (nSPS) is 17.6. The van der Waals surface area contributed by atoms with E-state index >= 15 is 0 Å². The fourth-order valence-corrected chi connectivity index (χ4v) is 5.10. The Hall–Kier alpha value is -3.71. The minimum atomic E-state index is -0.0882. The number of hydrogen-bond acceptors (Lipinski definition) is 4. The van der Waals surface area contributed by atoms with Crippen LogP contribution in [0.5, 0.6) is 5.75 Å². The average Bonchev–Trinajstić information content (AvgIpc) is 3.36. The Bertz CT molecular complexity index is 1310. The van der Waals surface area contributed by atoms with Gasteiger partial charge in [-0.3, -0.25) is 9.97 Å². The van der Waals surface area contributed by atoms with Gasteiger partial charge in [-0.25, -0.2) is 0 Å². The number of nitrogens with zero attached hydrogens (tertiary/aromatic N) is 4. The van der Waals surface area contributed by atoms with Crippen LogP contribution in [0.2, 0.25) is 0 Å². The minimum Gasteiger partial charge on any atom is -0.497 e. The summed E-state index contributed by atoms with van der Waals surface area (Å²) in [6.45, 7) is 5.13. The first-order chi connectivity index (χ1) is 16.6. The molecule has 1 aliphatic rings. The van der Waals surface area contributed by atoms with E-state index in [1.165, 1.54) is 22.5 Å². The molecule has 4 heterocycles. The predicted octanol–water partition coefficient (Wildman–Crippen LogP) is 5.13. The molecule has 2 atom stereocenters. The highest BCUT2D eigenvalue weighted by molar-refractivity contribution is 7.80. The smallest absolute Gasteiger partial charge is 0.174 e. The van der Waals surface area contributed by atoms with Crippen LogP contribution < -0.4 is 15.0 Å². The molecule has 6 nitrogen and oxygen atoms in total. The lowest BCUT2D eigenvalue weighted by atomic mass is 9.96. The van der Waals surface area contributed by atoms with Gasteiger partial charge in [-0.15, -0.1) is 0 Å². The van der Waals surface area contributed by atoms with Crippen LogP contribution in [0.3, 0.4) is 0 Å². The molecule has 3 aromatic heterocycles. The summed E-state index contributed by atoms with van der Waals surface area (Å²) in [7, 11) is 1.68. The highest BCUT2D eigenvalue weighted by Gasteiger charge is 2.42. The van der Waals surface area contributed by atoms with E-state index in [4.69, 9.17) is 17.0 Å². The number of aryl methyl sites for hydroxylation is 1. The number of thiocarbonyl (C=S) groups is 1. The number of pyridine rings is 2. The van der Waals surface area contributed by atoms with Crippen molar-refractivity contribution in [1.29, 1.82) is 0 Å². The first-order valence-corrected chi connectivity index (χ1v) is 11.7. The second kappa shape index (κ2) is 9.27. The Kier molecular flexibility index (Phi) is 6.02. The van der Waals surface area contributed by atoms with E-state index in [-0.39, 0.29) is 12.1 Å². The van der Waals surface area contributed by atoms with Gasteiger partial charge < -0.3 is 19.5 Å². The molecular weight excluding hydrogens is 442 g/mol. The average molecular weight is 470 g/mol. The number of nitrogens with one attached hydrogen (secondary N) is 1. The Morgan fingerprint density at radius 3 is 2.56 bits per heavy atom. The summed E-state index contributed by atoms with van der Waals surface area (Å²) in [5, 5.41) is 4.22. The number of rotatable bonds is 6. The van der Waals surface area contributed by atoms with Crippen LogP contribution in [0.15, 0.2) is 79.3 Å². The van der Waals surface area contributed by atoms with Crippen molar-refractivity contribution in [3.05, 3.63) is 107 Å². The van der Waals surface area contributed by atoms with Crippen LogP contribution in [-0.2, 0) is 6.54 Å². The van der Waals surface area contributed by atoms with Crippen molar-refractivity contribution in [2.24, 2.45) is 0 Å². The Morgan fingerprint density at radius 1 is 1.00 bits per heavy atom. The van der Waals surface area contributed by atoms with Gasteiger partial charge in [-0.2, -0.15) is 0 Å². The third kappa shape index (κ3) is 4.03. The third-order valence-corrected chi connectivity index (χ3v) is 6.77. The predicted molar refractivity (Wildman–Crippen MR) is 138 cm³/mol. The molecule has 0 amide bonds. The second-order valence-electron chi connectivity index (χ2n) is 8.47. The molecule has 4 aromatic rings. The largest absolute Gasteiger partial charge is 0.497 e. The fraction of sp³-hybridized carbons (Fsp3) is 0.222. The third-order valence-electron chi connectivity index (χ3n) is 6.45. The van der Waals surface area contributed by atoms with Crippen LogP contribution in [0.1, 0.15) is 40.3 Å². The van der Waals surface area contributed by atoms with E-state index in [2.05, 4.69) is 68.9 Å². The molecule has 0 aliphatic carbocycles. The standard InChI is InChI=1S/C27H27N5OS/c1-18-15-23(19(2)31(18)17-20-10-13-28-14-11-20)26-25(24-9-4-5-12-29-24)30-27(34)32(26)21-7-6-8-22(16-21)33-3/h4-16,25-26H,17H2,1-3H3,(H,30,34)/t25-,26+/m1/s1. The summed E-state index contributed by atoms with van der Waals surface area (Å²) in [6.07, 6.45) is 5.51.